The van der Waals surface area contributed by atoms with Crippen molar-refractivity contribution in [2.45, 2.75) is 88.9 Å². The van der Waals surface area contributed by atoms with Crippen LogP contribution in [0.4, 0.5) is 5.95 Å². The Morgan fingerprint density at radius 3 is 2.14 bits per heavy atom. The highest BCUT2D eigenvalue weighted by molar-refractivity contribution is 6.30. The topological polar surface area (TPSA) is 40.2 Å². The SMILES string of the molecule is O[C@@]1(c2ccc(Cl)cc2)C[n+]2cccnc2N1C1CCCCCCCCCCC1. The number of nitrogens with zero attached hydrogens (tertiary/aromatic N) is 3. The molecule has 2 heterocycles. The first-order valence-corrected chi connectivity index (χ1v) is 11.7. The zero-order chi connectivity index (χ0) is 20.1. The first-order chi connectivity index (χ1) is 14.2. The second-order valence-corrected chi connectivity index (χ2v) is 9.09. The summed E-state index contributed by atoms with van der Waals surface area (Å²) in [7, 11) is 0. The van der Waals surface area contributed by atoms with E-state index in [0.29, 0.717) is 17.6 Å². The molecule has 4 rings (SSSR count). The Hall–Kier alpha value is -1.65. The van der Waals surface area contributed by atoms with Gasteiger partial charge in [-0.05, 0) is 25.0 Å². The lowest BCUT2D eigenvalue weighted by molar-refractivity contribution is -0.685. The number of hydrogen-bond acceptors (Lipinski definition) is 3. The molecule has 1 aliphatic heterocycles. The summed E-state index contributed by atoms with van der Waals surface area (Å²) in [6.45, 7) is 0.494. The van der Waals surface area contributed by atoms with Crippen molar-refractivity contribution in [3.05, 3.63) is 53.3 Å². The van der Waals surface area contributed by atoms with Crippen molar-refractivity contribution in [1.82, 2.24) is 4.98 Å². The maximum absolute atomic E-state index is 12.0. The zero-order valence-corrected chi connectivity index (χ0v) is 18.0. The predicted octanol–water partition coefficient (Wildman–Crippen LogP) is 5.36. The van der Waals surface area contributed by atoms with Crippen LogP contribution in [0, 0.1) is 0 Å². The van der Waals surface area contributed by atoms with E-state index in [0.717, 1.165) is 24.4 Å². The number of aliphatic hydroxyl groups is 1. The molecule has 2 aromatic rings. The molecule has 0 saturated heterocycles. The van der Waals surface area contributed by atoms with Crippen molar-refractivity contribution in [2.24, 2.45) is 0 Å². The van der Waals surface area contributed by atoms with Gasteiger partial charge >= 0.3 is 5.95 Å². The molecule has 0 unspecified atom stereocenters. The minimum atomic E-state index is -1.09. The van der Waals surface area contributed by atoms with Gasteiger partial charge in [-0.1, -0.05) is 86.5 Å². The third kappa shape index (κ3) is 4.59. The van der Waals surface area contributed by atoms with Gasteiger partial charge in [0.25, 0.3) is 0 Å². The molecule has 29 heavy (non-hydrogen) atoms. The van der Waals surface area contributed by atoms with Crippen molar-refractivity contribution in [2.75, 3.05) is 4.90 Å². The van der Waals surface area contributed by atoms with Gasteiger partial charge in [0.15, 0.2) is 0 Å². The Balaban J connectivity index is 1.66. The third-order valence-corrected chi connectivity index (χ3v) is 6.80. The molecule has 0 spiro atoms. The van der Waals surface area contributed by atoms with E-state index in [-0.39, 0.29) is 0 Å². The quantitative estimate of drug-likeness (QED) is 0.672. The summed E-state index contributed by atoms with van der Waals surface area (Å²) in [5.41, 5.74) is -0.202. The second kappa shape index (κ2) is 9.44. The number of rotatable bonds is 2. The molecule has 1 N–H and O–H groups in total. The smallest absolute Gasteiger partial charge is 0.353 e. The summed E-state index contributed by atoms with van der Waals surface area (Å²) in [5.74, 6) is 0.877. The summed E-state index contributed by atoms with van der Waals surface area (Å²) in [5, 5.41) is 12.7. The van der Waals surface area contributed by atoms with E-state index in [1.807, 2.05) is 42.7 Å². The van der Waals surface area contributed by atoms with Gasteiger partial charge in [-0.25, -0.2) is 9.47 Å². The fourth-order valence-corrected chi connectivity index (χ4v) is 5.13. The number of hydrogen-bond donors (Lipinski definition) is 1. The molecule has 1 fully saturated rings. The Morgan fingerprint density at radius 2 is 1.52 bits per heavy atom. The van der Waals surface area contributed by atoms with Crippen molar-refractivity contribution in [1.29, 1.82) is 0 Å². The molecule has 0 bridgehead atoms. The largest absolute Gasteiger partial charge is 0.397 e. The first kappa shape index (κ1) is 20.6. The van der Waals surface area contributed by atoms with Crippen LogP contribution in [0.3, 0.4) is 0 Å². The van der Waals surface area contributed by atoms with Crippen molar-refractivity contribution >= 4 is 17.5 Å². The predicted molar refractivity (Wildman–Crippen MR) is 117 cm³/mol. The number of halogens is 1. The van der Waals surface area contributed by atoms with Crippen LogP contribution >= 0.6 is 11.6 Å². The van der Waals surface area contributed by atoms with E-state index in [2.05, 4.69) is 14.5 Å². The van der Waals surface area contributed by atoms with Crippen molar-refractivity contribution < 1.29 is 9.67 Å². The summed E-state index contributed by atoms with van der Waals surface area (Å²) in [6, 6.07) is 9.88. The van der Waals surface area contributed by atoms with Gasteiger partial charge in [-0.3, -0.25) is 0 Å². The van der Waals surface area contributed by atoms with E-state index in [4.69, 9.17) is 11.6 Å². The fraction of sp³-hybridized carbons (Fsp3) is 0.583. The van der Waals surface area contributed by atoms with Crippen LogP contribution in [-0.4, -0.2) is 16.1 Å². The maximum atomic E-state index is 12.0. The lowest BCUT2D eigenvalue weighted by atomic mass is 9.94. The van der Waals surface area contributed by atoms with Crippen LogP contribution in [0.15, 0.2) is 42.7 Å². The molecular weight excluding hydrogens is 382 g/mol. The summed E-state index contributed by atoms with van der Waals surface area (Å²) >= 11 is 6.13. The molecule has 1 aromatic carbocycles. The molecule has 0 amide bonds. The highest BCUT2D eigenvalue weighted by atomic mass is 35.5. The number of fused-ring (bicyclic) bond motifs is 1. The molecular formula is C24H33ClN3O+. The van der Waals surface area contributed by atoms with E-state index in [1.54, 1.807) is 0 Å². The van der Waals surface area contributed by atoms with Crippen LogP contribution in [0.5, 0.6) is 0 Å². The Bertz CT molecular complexity index is 785. The summed E-state index contributed by atoms with van der Waals surface area (Å²) in [6.07, 6.45) is 17.8. The average molecular weight is 415 g/mol. The molecule has 2 aliphatic rings. The van der Waals surface area contributed by atoms with Gasteiger partial charge in [0, 0.05) is 16.7 Å². The minimum absolute atomic E-state index is 0.291. The molecule has 156 valence electrons. The number of aromatic nitrogens is 2. The Labute approximate surface area is 179 Å². The van der Waals surface area contributed by atoms with Gasteiger partial charge in [0.1, 0.15) is 12.7 Å². The molecule has 1 aromatic heterocycles. The molecule has 1 saturated carbocycles. The minimum Gasteiger partial charge on any atom is -0.353 e. The highest BCUT2D eigenvalue weighted by Gasteiger charge is 2.54. The standard InChI is InChI=1S/C24H33ClN3O/c25-21-15-13-20(14-16-21)24(29)19-27-18-10-17-26-23(27)28(24)22-11-8-6-4-2-1-3-5-7-9-12-22/h10,13-18,22,29H,1-9,11-12,19H2/q+1/t24-/m1/s1. The molecule has 1 aliphatic carbocycles. The third-order valence-electron chi connectivity index (χ3n) is 6.55. The van der Waals surface area contributed by atoms with E-state index >= 15 is 0 Å². The van der Waals surface area contributed by atoms with Crippen LogP contribution < -0.4 is 9.47 Å². The highest BCUT2D eigenvalue weighted by Crippen LogP contribution is 2.38. The molecule has 4 nitrogen and oxygen atoms in total. The van der Waals surface area contributed by atoms with Crippen LogP contribution in [0.1, 0.15) is 76.2 Å². The van der Waals surface area contributed by atoms with Crippen molar-refractivity contribution in [3.8, 4) is 0 Å². The van der Waals surface area contributed by atoms with E-state index < -0.39 is 5.72 Å². The number of benzene rings is 1. The molecule has 1 atom stereocenters. The molecule has 0 radical (unpaired) electrons. The lowest BCUT2D eigenvalue weighted by Crippen LogP contribution is -2.50. The van der Waals surface area contributed by atoms with E-state index in [1.165, 1.54) is 57.8 Å². The van der Waals surface area contributed by atoms with Gasteiger partial charge < -0.3 is 5.11 Å². The lowest BCUT2D eigenvalue weighted by Gasteiger charge is -2.34. The summed E-state index contributed by atoms with van der Waals surface area (Å²) < 4.78 is 2.09. The van der Waals surface area contributed by atoms with Crippen LogP contribution in [0.2, 0.25) is 5.02 Å². The average Bonchev–Trinajstić information content (AvgIpc) is 3.02. The van der Waals surface area contributed by atoms with Gasteiger partial charge in [-0.2, -0.15) is 0 Å². The molecule has 5 heteroatoms. The second-order valence-electron chi connectivity index (χ2n) is 8.65. The first-order valence-electron chi connectivity index (χ1n) is 11.3. The Morgan fingerprint density at radius 1 is 0.931 bits per heavy atom. The Kier molecular flexibility index (Phi) is 6.71. The number of anilines is 1. The van der Waals surface area contributed by atoms with Gasteiger partial charge in [0.05, 0.1) is 12.2 Å². The van der Waals surface area contributed by atoms with Crippen LogP contribution in [0.25, 0.3) is 0 Å². The van der Waals surface area contributed by atoms with Gasteiger partial charge in [-0.15, -0.1) is 0 Å². The normalized spacial score (nSPS) is 24.6. The monoisotopic (exact) mass is 414 g/mol. The fourth-order valence-electron chi connectivity index (χ4n) is 5.01. The summed E-state index contributed by atoms with van der Waals surface area (Å²) in [4.78, 5) is 6.90. The maximum Gasteiger partial charge on any atom is 0.397 e. The van der Waals surface area contributed by atoms with Gasteiger partial charge in [0.2, 0.25) is 5.72 Å². The van der Waals surface area contributed by atoms with E-state index in [9.17, 15) is 5.11 Å². The zero-order valence-electron chi connectivity index (χ0n) is 17.3. The van der Waals surface area contributed by atoms with Crippen molar-refractivity contribution in [3.63, 3.8) is 0 Å². The van der Waals surface area contributed by atoms with Crippen LogP contribution in [-0.2, 0) is 12.3 Å².